The lowest BCUT2D eigenvalue weighted by molar-refractivity contribution is 0.0698. The summed E-state index contributed by atoms with van der Waals surface area (Å²) in [6.45, 7) is 7.97. The van der Waals surface area contributed by atoms with Crippen LogP contribution in [-0.4, -0.2) is 48.8 Å². The van der Waals surface area contributed by atoms with E-state index in [1.165, 1.54) is 0 Å². The van der Waals surface area contributed by atoms with Gasteiger partial charge in [0, 0.05) is 31.9 Å². The van der Waals surface area contributed by atoms with Crippen LogP contribution in [0.5, 0.6) is 0 Å². The topological polar surface area (TPSA) is 37.4 Å². The molecule has 1 aromatic heterocycles. The second-order valence-electron chi connectivity index (χ2n) is 4.70. The molecular weight excluding hydrogens is 226 g/mol. The van der Waals surface area contributed by atoms with Crippen LogP contribution < -0.4 is 5.32 Å². The molecule has 0 aromatic carbocycles. The number of aromatic nitrogens is 1. The molecule has 2 rings (SSSR count). The molecule has 1 atom stereocenters. The Morgan fingerprint density at radius 3 is 3.11 bits per heavy atom. The number of hydrogen-bond donors (Lipinski definition) is 1. The van der Waals surface area contributed by atoms with Crippen LogP contribution in [0.25, 0.3) is 0 Å². The fourth-order valence-corrected chi connectivity index (χ4v) is 2.21. The van der Waals surface area contributed by atoms with E-state index in [0.29, 0.717) is 6.04 Å². The summed E-state index contributed by atoms with van der Waals surface area (Å²) < 4.78 is 5.47. The highest BCUT2D eigenvalue weighted by atomic mass is 16.5. The molecule has 4 nitrogen and oxygen atoms in total. The molecule has 100 valence electrons. The van der Waals surface area contributed by atoms with Gasteiger partial charge in [-0.25, -0.2) is 0 Å². The Morgan fingerprint density at radius 1 is 1.50 bits per heavy atom. The van der Waals surface area contributed by atoms with Gasteiger partial charge < -0.3 is 10.1 Å². The highest BCUT2D eigenvalue weighted by Crippen LogP contribution is 2.05. The number of nitrogens with one attached hydrogen (secondary N) is 1. The first kappa shape index (κ1) is 13.5. The van der Waals surface area contributed by atoms with Crippen molar-refractivity contribution >= 4 is 0 Å². The van der Waals surface area contributed by atoms with Gasteiger partial charge in [-0.15, -0.1) is 0 Å². The molecule has 0 aliphatic carbocycles. The molecule has 0 spiro atoms. The third-order valence-electron chi connectivity index (χ3n) is 3.35. The predicted molar refractivity (Wildman–Crippen MR) is 72.4 cm³/mol. The first-order chi connectivity index (χ1) is 8.88. The van der Waals surface area contributed by atoms with Crippen molar-refractivity contribution in [1.29, 1.82) is 0 Å². The minimum Gasteiger partial charge on any atom is -0.379 e. The minimum absolute atomic E-state index is 0.511. The van der Waals surface area contributed by atoms with Crippen LogP contribution in [0.4, 0.5) is 0 Å². The monoisotopic (exact) mass is 249 g/mol. The van der Waals surface area contributed by atoms with E-state index in [1.807, 2.05) is 18.3 Å². The highest BCUT2D eigenvalue weighted by molar-refractivity contribution is 5.03. The molecule has 0 radical (unpaired) electrons. The van der Waals surface area contributed by atoms with Gasteiger partial charge in [0.05, 0.1) is 18.9 Å². The molecule has 0 amide bonds. The van der Waals surface area contributed by atoms with Crippen LogP contribution in [-0.2, 0) is 11.3 Å². The number of pyridine rings is 1. The summed E-state index contributed by atoms with van der Waals surface area (Å²) in [6.07, 6.45) is 3.00. The summed E-state index contributed by atoms with van der Waals surface area (Å²) in [6, 6.07) is 6.61. The molecule has 0 saturated carbocycles. The Kier molecular flexibility index (Phi) is 5.58. The number of rotatable bonds is 6. The molecule has 1 fully saturated rings. The molecule has 1 unspecified atom stereocenters. The van der Waals surface area contributed by atoms with Gasteiger partial charge in [-0.05, 0) is 25.1 Å². The second kappa shape index (κ2) is 7.46. The van der Waals surface area contributed by atoms with Gasteiger partial charge in [0.1, 0.15) is 0 Å². The first-order valence-electron chi connectivity index (χ1n) is 6.82. The molecule has 1 N–H and O–H groups in total. The predicted octanol–water partition coefficient (Wildman–Crippen LogP) is 1.28. The Balaban J connectivity index is 1.75. The van der Waals surface area contributed by atoms with Crippen molar-refractivity contribution in [3.8, 4) is 0 Å². The molecule has 2 heterocycles. The van der Waals surface area contributed by atoms with Gasteiger partial charge in [0.25, 0.3) is 0 Å². The quantitative estimate of drug-likeness (QED) is 0.824. The van der Waals surface area contributed by atoms with Gasteiger partial charge in [0.2, 0.25) is 0 Å². The van der Waals surface area contributed by atoms with Crippen molar-refractivity contribution in [3.63, 3.8) is 0 Å². The van der Waals surface area contributed by atoms with Gasteiger partial charge in [-0.3, -0.25) is 9.88 Å². The van der Waals surface area contributed by atoms with Crippen molar-refractivity contribution in [1.82, 2.24) is 15.2 Å². The van der Waals surface area contributed by atoms with E-state index in [4.69, 9.17) is 4.74 Å². The maximum absolute atomic E-state index is 5.47. The standard InChI is InChI=1S/C14H23N3O/c1-2-17(11-13-5-3-4-7-15-13)9-6-14-12-18-10-8-16-14/h3-5,7,14,16H,2,6,8-12H2,1H3. The van der Waals surface area contributed by atoms with Crippen LogP contribution in [0.2, 0.25) is 0 Å². The molecule has 1 saturated heterocycles. The Labute approximate surface area is 109 Å². The fraction of sp³-hybridized carbons (Fsp3) is 0.643. The molecular formula is C14H23N3O. The third kappa shape index (κ3) is 4.37. The molecule has 1 aliphatic heterocycles. The minimum atomic E-state index is 0.511. The zero-order chi connectivity index (χ0) is 12.6. The lowest BCUT2D eigenvalue weighted by Crippen LogP contribution is -2.43. The number of hydrogen-bond acceptors (Lipinski definition) is 4. The van der Waals surface area contributed by atoms with Crippen molar-refractivity contribution < 1.29 is 4.74 Å². The van der Waals surface area contributed by atoms with Crippen LogP contribution in [0.3, 0.4) is 0 Å². The smallest absolute Gasteiger partial charge is 0.0620 e. The van der Waals surface area contributed by atoms with E-state index in [0.717, 1.165) is 51.5 Å². The largest absolute Gasteiger partial charge is 0.379 e. The Hall–Kier alpha value is -0.970. The SMILES string of the molecule is CCN(CCC1COCCN1)Cc1ccccn1. The first-order valence-corrected chi connectivity index (χ1v) is 6.82. The van der Waals surface area contributed by atoms with E-state index in [2.05, 4.69) is 28.2 Å². The summed E-state index contributed by atoms with van der Waals surface area (Å²) >= 11 is 0. The van der Waals surface area contributed by atoms with E-state index in [-0.39, 0.29) is 0 Å². The van der Waals surface area contributed by atoms with Crippen molar-refractivity contribution in [2.75, 3.05) is 32.8 Å². The van der Waals surface area contributed by atoms with Crippen LogP contribution >= 0.6 is 0 Å². The van der Waals surface area contributed by atoms with E-state index < -0.39 is 0 Å². The summed E-state index contributed by atoms with van der Waals surface area (Å²) in [4.78, 5) is 6.81. The molecule has 1 aromatic rings. The molecule has 4 heteroatoms. The number of nitrogens with zero attached hydrogens (tertiary/aromatic N) is 2. The zero-order valence-corrected chi connectivity index (χ0v) is 11.1. The maximum atomic E-state index is 5.47. The normalized spacial score (nSPS) is 20.2. The number of ether oxygens (including phenoxy) is 1. The van der Waals surface area contributed by atoms with Gasteiger partial charge >= 0.3 is 0 Å². The molecule has 0 bridgehead atoms. The van der Waals surface area contributed by atoms with E-state index in [1.54, 1.807) is 0 Å². The van der Waals surface area contributed by atoms with Crippen LogP contribution in [0.1, 0.15) is 19.0 Å². The average Bonchev–Trinajstić information content (AvgIpc) is 2.45. The van der Waals surface area contributed by atoms with Crippen molar-refractivity contribution in [3.05, 3.63) is 30.1 Å². The van der Waals surface area contributed by atoms with Gasteiger partial charge in [-0.2, -0.15) is 0 Å². The van der Waals surface area contributed by atoms with E-state index >= 15 is 0 Å². The van der Waals surface area contributed by atoms with Crippen LogP contribution in [0, 0.1) is 0 Å². The van der Waals surface area contributed by atoms with Gasteiger partial charge in [0.15, 0.2) is 0 Å². The van der Waals surface area contributed by atoms with Gasteiger partial charge in [-0.1, -0.05) is 13.0 Å². The van der Waals surface area contributed by atoms with Crippen LogP contribution in [0.15, 0.2) is 24.4 Å². The average molecular weight is 249 g/mol. The Morgan fingerprint density at radius 2 is 2.44 bits per heavy atom. The summed E-state index contributed by atoms with van der Waals surface area (Å²) in [5.41, 5.74) is 1.15. The lowest BCUT2D eigenvalue weighted by atomic mass is 10.2. The Bertz CT molecular complexity index is 325. The van der Waals surface area contributed by atoms with E-state index in [9.17, 15) is 0 Å². The highest BCUT2D eigenvalue weighted by Gasteiger charge is 2.14. The summed E-state index contributed by atoms with van der Waals surface area (Å²) in [5, 5.41) is 3.50. The third-order valence-corrected chi connectivity index (χ3v) is 3.35. The lowest BCUT2D eigenvalue weighted by Gasteiger charge is -2.27. The van der Waals surface area contributed by atoms with Crippen molar-refractivity contribution in [2.24, 2.45) is 0 Å². The summed E-state index contributed by atoms with van der Waals surface area (Å²) in [7, 11) is 0. The maximum Gasteiger partial charge on any atom is 0.0620 e. The number of morpholine rings is 1. The summed E-state index contributed by atoms with van der Waals surface area (Å²) in [5.74, 6) is 0. The molecule has 1 aliphatic rings. The second-order valence-corrected chi connectivity index (χ2v) is 4.70. The fourth-order valence-electron chi connectivity index (χ4n) is 2.21. The molecule has 18 heavy (non-hydrogen) atoms. The zero-order valence-electron chi connectivity index (χ0n) is 11.1. The van der Waals surface area contributed by atoms with Crippen molar-refractivity contribution in [2.45, 2.75) is 25.9 Å².